The summed E-state index contributed by atoms with van der Waals surface area (Å²) in [5.41, 5.74) is 7.02. The quantitative estimate of drug-likeness (QED) is 0.619. The number of rotatable bonds is 7. The Morgan fingerprint density at radius 3 is 2.25 bits per heavy atom. The highest BCUT2D eigenvalue weighted by molar-refractivity contribution is 5.92. The van der Waals surface area contributed by atoms with E-state index in [1.54, 1.807) is 0 Å². The zero-order valence-corrected chi connectivity index (χ0v) is 13.0. The van der Waals surface area contributed by atoms with E-state index in [1.807, 2.05) is 30.3 Å². The first-order chi connectivity index (χ1) is 11.4. The monoisotopic (exact) mass is 329 g/mol. The third kappa shape index (κ3) is 3.91. The zero-order chi connectivity index (χ0) is 17.7. The van der Waals surface area contributed by atoms with Gasteiger partial charge in [0.15, 0.2) is 0 Å². The average Bonchev–Trinajstić information content (AvgIpc) is 2.56. The predicted molar refractivity (Wildman–Crippen MR) is 88.1 cm³/mol. The summed E-state index contributed by atoms with van der Waals surface area (Å²) in [6.45, 7) is 0. The fourth-order valence-electron chi connectivity index (χ4n) is 2.63. The fraction of sp³-hybridized carbons (Fsp3) is 0.222. The number of phenols is 1. The van der Waals surface area contributed by atoms with Gasteiger partial charge in [0.1, 0.15) is 17.4 Å². The van der Waals surface area contributed by atoms with Crippen LogP contribution in [0.3, 0.4) is 0 Å². The molecule has 0 fully saturated rings. The second kappa shape index (κ2) is 7.61. The van der Waals surface area contributed by atoms with Gasteiger partial charge in [-0.1, -0.05) is 36.4 Å². The first-order valence-corrected chi connectivity index (χ1v) is 7.52. The van der Waals surface area contributed by atoms with Crippen LogP contribution in [0.25, 0.3) is 0 Å². The molecule has 126 valence electrons. The maximum atomic E-state index is 11.2. The Bertz CT molecular complexity index is 743. The minimum absolute atomic E-state index is 0.234. The molecule has 2 aromatic rings. The Kier molecular flexibility index (Phi) is 5.55. The largest absolute Gasteiger partial charge is 0.507 e. The van der Waals surface area contributed by atoms with E-state index in [4.69, 9.17) is 15.9 Å². The smallest absolute Gasteiger partial charge is 0.339 e. The predicted octanol–water partition coefficient (Wildman–Crippen LogP) is 2.35. The molecule has 0 amide bonds. The van der Waals surface area contributed by atoms with E-state index in [0.29, 0.717) is 12.8 Å². The SMILES string of the molecule is NC(C(=O)O)c1ccc(C(=O)O)c(O)c1CCCc1ccccc1. The zero-order valence-electron chi connectivity index (χ0n) is 13.0. The van der Waals surface area contributed by atoms with Gasteiger partial charge in [-0.05, 0) is 36.5 Å². The number of carboxylic acids is 2. The number of benzene rings is 2. The Morgan fingerprint density at radius 1 is 1.00 bits per heavy atom. The van der Waals surface area contributed by atoms with Crippen LogP contribution in [0.15, 0.2) is 42.5 Å². The minimum atomic E-state index is -1.31. The molecule has 0 saturated carbocycles. The molecule has 24 heavy (non-hydrogen) atoms. The van der Waals surface area contributed by atoms with Crippen molar-refractivity contribution in [1.82, 2.24) is 0 Å². The van der Waals surface area contributed by atoms with Gasteiger partial charge >= 0.3 is 11.9 Å². The molecule has 0 aliphatic rings. The van der Waals surface area contributed by atoms with Gasteiger partial charge in [-0.15, -0.1) is 0 Å². The van der Waals surface area contributed by atoms with Crippen molar-refractivity contribution in [1.29, 1.82) is 0 Å². The molecule has 2 rings (SSSR count). The van der Waals surface area contributed by atoms with Crippen LogP contribution in [0.5, 0.6) is 5.75 Å². The van der Waals surface area contributed by atoms with E-state index in [0.717, 1.165) is 12.0 Å². The van der Waals surface area contributed by atoms with Crippen LogP contribution in [0.2, 0.25) is 0 Å². The highest BCUT2D eigenvalue weighted by Gasteiger charge is 2.23. The standard InChI is InChI=1S/C18H19NO5/c19-15(18(23)24)12-9-10-14(17(21)22)16(20)13(12)8-4-7-11-5-2-1-3-6-11/h1-3,5-6,9-10,15,20H,4,7-8,19H2,(H,21,22)(H,23,24). The van der Waals surface area contributed by atoms with Crippen molar-refractivity contribution in [2.75, 3.05) is 0 Å². The first kappa shape index (κ1) is 17.5. The van der Waals surface area contributed by atoms with E-state index in [1.165, 1.54) is 12.1 Å². The topological polar surface area (TPSA) is 121 Å². The summed E-state index contributed by atoms with van der Waals surface area (Å²) in [6, 6.07) is 10.9. The average molecular weight is 329 g/mol. The summed E-state index contributed by atoms with van der Waals surface area (Å²) in [5.74, 6) is -2.92. The second-order valence-electron chi connectivity index (χ2n) is 5.49. The molecule has 0 saturated heterocycles. The van der Waals surface area contributed by atoms with Gasteiger partial charge in [0.05, 0.1) is 0 Å². The molecule has 0 aliphatic heterocycles. The third-order valence-electron chi connectivity index (χ3n) is 3.89. The van der Waals surface area contributed by atoms with Crippen LogP contribution in [0.4, 0.5) is 0 Å². The second-order valence-corrected chi connectivity index (χ2v) is 5.49. The molecule has 0 radical (unpaired) electrons. The van der Waals surface area contributed by atoms with Gasteiger partial charge in [0, 0.05) is 5.56 Å². The lowest BCUT2D eigenvalue weighted by Crippen LogP contribution is -2.22. The van der Waals surface area contributed by atoms with Crippen LogP contribution in [0.1, 0.15) is 39.5 Å². The van der Waals surface area contributed by atoms with Crippen LogP contribution in [0, 0.1) is 0 Å². The molecule has 0 aromatic heterocycles. The lowest BCUT2D eigenvalue weighted by atomic mass is 9.92. The van der Waals surface area contributed by atoms with Gasteiger partial charge in [0.25, 0.3) is 0 Å². The molecular weight excluding hydrogens is 310 g/mol. The van der Waals surface area contributed by atoms with Crippen molar-refractivity contribution in [3.63, 3.8) is 0 Å². The Hall–Kier alpha value is -2.86. The fourth-order valence-corrected chi connectivity index (χ4v) is 2.63. The first-order valence-electron chi connectivity index (χ1n) is 7.52. The number of hydrogen-bond acceptors (Lipinski definition) is 4. The Balaban J connectivity index is 2.28. The highest BCUT2D eigenvalue weighted by Crippen LogP contribution is 2.31. The van der Waals surface area contributed by atoms with Crippen LogP contribution < -0.4 is 5.73 Å². The molecule has 0 heterocycles. The van der Waals surface area contributed by atoms with Crippen LogP contribution in [-0.4, -0.2) is 27.3 Å². The van der Waals surface area contributed by atoms with Gasteiger partial charge in [-0.25, -0.2) is 4.79 Å². The van der Waals surface area contributed by atoms with E-state index < -0.39 is 23.7 Å². The van der Waals surface area contributed by atoms with Gasteiger partial charge in [-0.3, -0.25) is 4.79 Å². The molecule has 1 unspecified atom stereocenters. The number of aryl methyl sites for hydroxylation is 1. The molecule has 5 N–H and O–H groups in total. The number of carboxylic acid groups (broad SMARTS) is 2. The summed E-state index contributed by atoms with van der Waals surface area (Å²) in [4.78, 5) is 22.3. The molecule has 0 spiro atoms. The van der Waals surface area contributed by atoms with E-state index >= 15 is 0 Å². The molecule has 1 atom stereocenters. The van der Waals surface area contributed by atoms with Crippen LogP contribution >= 0.6 is 0 Å². The summed E-state index contributed by atoms with van der Waals surface area (Å²) in [5, 5.41) is 28.5. The molecular formula is C18H19NO5. The van der Waals surface area contributed by atoms with Crippen LogP contribution in [-0.2, 0) is 17.6 Å². The number of aromatic hydroxyl groups is 1. The van der Waals surface area contributed by atoms with Crippen molar-refractivity contribution >= 4 is 11.9 Å². The van der Waals surface area contributed by atoms with Gasteiger partial charge in [-0.2, -0.15) is 0 Å². The van der Waals surface area contributed by atoms with E-state index in [-0.39, 0.29) is 16.7 Å². The van der Waals surface area contributed by atoms with Gasteiger partial charge in [0.2, 0.25) is 0 Å². The molecule has 6 heteroatoms. The summed E-state index contributed by atoms with van der Waals surface area (Å²) < 4.78 is 0. The maximum absolute atomic E-state index is 11.2. The van der Waals surface area contributed by atoms with Crippen molar-refractivity contribution < 1.29 is 24.9 Å². The third-order valence-corrected chi connectivity index (χ3v) is 3.89. The van der Waals surface area contributed by atoms with Crippen molar-refractivity contribution in [2.24, 2.45) is 5.73 Å². The van der Waals surface area contributed by atoms with Crippen molar-refractivity contribution in [3.8, 4) is 5.75 Å². The van der Waals surface area contributed by atoms with Gasteiger partial charge < -0.3 is 21.1 Å². The van der Waals surface area contributed by atoms with Crippen molar-refractivity contribution in [2.45, 2.75) is 25.3 Å². The molecule has 0 bridgehead atoms. The van der Waals surface area contributed by atoms with E-state index in [2.05, 4.69) is 0 Å². The highest BCUT2D eigenvalue weighted by atomic mass is 16.4. The van der Waals surface area contributed by atoms with E-state index in [9.17, 15) is 14.7 Å². The number of carbonyl (C=O) groups is 2. The molecule has 6 nitrogen and oxygen atoms in total. The molecule has 0 aliphatic carbocycles. The minimum Gasteiger partial charge on any atom is -0.507 e. The summed E-state index contributed by atoms with van der Waals surface area (Å²) in [7, 11) is 0. The lowest BCUT2D eigenvalue weighted by Gasteiger charge is -2.16. The number of aromatic carboxylic acids is 1. The number of hydrogen-bond donors (Lipinski definition) is 4. The number of aliphatic carboxylic acids is 1. The number of nitrogens with two attached hydrogens (primary N) is 1. The molecule has 2 aromatic carbocycles. The summed E-state index contributed by atoms with van der Waals surface area (Å²) >= 11 is 0. The maximum Gasteiger partial charge on any atom is 0.339 e. The summed E-state index contributed by atoms with van der Waals surface area (Å²) in [6.07, 6.45) is 1.68. The lowest BCUT2D eigenvalue weighted by molar-refractivity contribution is -0.138. The normalized spacial score (nSPS) is 11.9. The Labute approximate surface area is 139 Å². The van der Waals surface area contributed by atoms with Crippen molar-refractivity contribution in [3.05, 3.63) is 64.7 Å². The Morgan fingerprint density at radius 2 is 1.67 bits per heavy atom.